The normalized spacial score (nSPS) is 14.7. The molecule has 11 nitrogen and oxygen atoms in total. The lowest BCUT2D eigenvalue weighted by Crippen LogP contribution is -2.43. The molecule has 0 unspecified atom stereocenters. The van der Waals surface area contributed by atoms with Crippen molar-refractivity contribution in [1.29, 1.82) is 0 Å². The molecule has 1 fully saturated rings. The number of sulfonamides is 1. The Morgan fingerprint density at radius 2 is 1.82 bits per heavy atom. The fraction of sp³-hybridized carbons (Fsp3) is 0.462. The van der Waals surface area contributed by atoms with Gasteiger partial charge in [0.05, 0.1) is 36.8 Å². The van der Waals surface area contributed by atoms with Crippen molar-refractivity contribution in [1.82, 2.24) is 14.5 Å². The van der Waals surface area contributed by atoms with Crippen molar-refractivity contribution in [2.24, 2.45) is 0 Å². The number of hydrogen-bond donors (Lipinski definition) is 2. The Morgan fingerprint density at radius 3 is 2.47 bits per heavy atom. The molecule has 0 aromatic heterocycles. The van der Waals surface area contributed by atoms with Gasteiger partial charge in [0, 0.05) is 25.7 Å². The van der Waals surface area contributed by atoms with Gasteiger partial charge in [-0.05, 0) is 44.8 Å². The molecule has 1 aliphatic heterocycles. The van der Waals surface area contributed by atoms with Gasteiger partial charge in [0.25, 0.3) is 0 Å². The molecule has 2 N–H and O–H groups in total. The van der Waals surface area contributed by atoms with Crippen LogP contribution in [0.15, 0.2) is 53.4 Å². The molecule has 1 heterocycles. The van der Waals surface area contributed by atoms with E-state index in [2.05, 4.69) is 10.0 Å². The molecule has 3 rings (SSSR count). The fourth-order valence-electron chi connectivity index (χ4n) is 3.89. The number of urea groups is 1. The first-order valence-corrected chi connectivity index (χ1v) is 13.9. The highest BCUT2D eigenvalue weighted by molar-refractivity contribution is 7.89. The number of nitrogens with zero attached hydrogens (tertiary/aromatic N) is 2. The van der Waals surface area contributed by atoms with Crippen LogP contribution in [0.1, 0.15) is 18.9 Å². The third-order valence-corrected chi connectivity index (χ3v) is 7.18. The lowest BCUT2D eigenvalue weighted by Gasteiger charge is -2.27. The number of nitrogens with one attached hydrogen (secondary N) is 2. The highest BCUT2D eigenvalue weighted by Gasteiger charge is 2.26. The summed E-state index contributed by atoms with van der Waals surface area (Å²) in [5.74, 6) is -0.170. The van der Waals surface area contributed by atoms with Crippen molar-refractivity contribution >= 4 is 27.7 Å². The largest absolute Gasteiger partial charge is 0.492 e. The summed E-state index contributed by atoms with van der Waals surface area (Å²) in [6.45, 7) is 4.24. The van der Waals surface area contributed by atoms with E-state index in [9.17, 15) is 18.0 Å². The second-order valence-corrected chi connectivity index (χ2v) is 10.8. The number of likely N-dealkylation sites (N-methyl/N-ethyl adjacent to an activating group) is 1. The van der Waals surface area contributed by atoms with E-state index in [1.165, 1.54) is 18.2 Å². The number of amides is 2. The van der Waals surface area contributed by atoms with Crippen molar-refractivity contribution in [3.8, 4) is 5.75 Å². The molecule has 12 heteroatoms. The van der Waals surface area contributed by atoms with Gasteiger partial charge in [-0.2, -0.15) is 0 Å². The molecule has 0 saturated carbocycles. The van der Waals surface area contributed by atoms with E-state index in [-0.39, 0.29) is 36.2 Å². The van der Waals surface area contributed by atoms with E-state index in [0.717, 1.165) is 5.56 Å². The monoisotopic (exact) mass is 548 g/mol. The number of carbonyl (C=O) groups is 2. The quantitative estimate of drug-likeness (QED) is 0.387. The average Bonchev–Trinajstić information content (AvgIpc) is 2.89. The summed E-state index contributed by atoms with van der Waals surface area (Å²) in [4.78, 5) is 28.6. The number of carbonyl (C=O) groups excluding carboxylic acids is 2. The molecule has 208 valence electrons. The first kappa shape index (κ1) is 29.4. The Balaban J connectivity index is 1.73. The van der Waals surface area contributed by atoms with Crippen LogP contribution in [0.5, 0.6) is 5.75 Å². The van der Waals surface area contributed by atoms with Crippen LogP contribution in [0.2, 0.25) is 0 Å². The van der Waals surface area contributed by atoms with Gasteiger partial charge in [0.2, 0.25) is 10.0 Å². The van der Waals surface area contributed by atoms with Gasteiger partial charge >= 0.3 is 12.0 Å². The van der Waals surface area contributed by atoms with Gasteiger partial charge in [0.1, 0.15) is 12.4 Å². The maximum absolute atomic E-state index is 13.3. The lowest BCUT2D eigenvalue weighted by atomic mass is 10.2. The predicted octanol–water partition coefficient (Wildman–Crippen LogP) is 2.29. The third-order valence-electron chi connectivity index (χ3n) is 5.66. The van der Waals surface area contributed by atoms with E-state index < -0.39 is 22.0 Å². The number of hydrogen-bond acceptors (Lipinski definition) is 8. The van der Waals surface area contributed by atoms with Gasteiger partial charge in [-0.15, -0.1) is 0 Å². The summed E-state index contributed by atoms with van der Waals surface area (Å²) >= 11 is 0. The molecule has 1 saturated heterocycles. The first-order valence-electron chi connectivity index (χ1n) is 12.4. The molecule has 0 radical (unpaired) electrons. The number of anilines is 1. The number of morpholine rings is 1. The van der Waals surface area contributed by atoms with Crippen molar-refractivity contribution in [3.05, 3.63) is 54.1 Å². The molecule has 2 aromatic rings. The Bertz CT molecular complexity index is 1170. The van der Waals surface area contributed by atoms with Gasteiger partial charge in [-0.3, -0.25) is 4.79 Å². The van der Waals surface area contributed by atoms with Crippen molar-refractivity contribution < 1.29 is 32.2 Å². The summed E-state index contributed by atoms with van der Waals surface area (Å²) in [7, 11) is -0.489. The van der Waals surface area contributed by atoms with Gasteiger partial charge in [-0.25, -0.2) is 17.9 Å². The Labute approximate surface area is 224 Å². The van der Waals surface area contributed by atoms with Crippen molar-refractivity contribution in [2.75, 3.05) is 58.9 Å². The number of esters is 1. The molecule has 2 amide bonds. The highest BCUT2D eigenvalue weighted by atomic mass is 32.2. The molecular weight excluding hydrogens is 512 g/mol. The van der Waals surface area contributed by atoms with E-state index in [1.807, 2.05) is 30.3 Å². The maximum Gasteiger partial charge on any atom is 0.322 e. The number of benzene rings is 2. The molecule has 1 atom stereocenters. The summed E-state index contributed by atoms with van der Waals surface area (Å²) in [5, 5.41) is 2.76. The van der Waals surface area contributed by atoms with Crippen LogP contribution in [0.25, 0.3) is 0 Å². The minimum Gasteiger partial charge on any atom is -0.492 e. The van der Waals surface area contributed by atoms with E-state index in [4.69, 9.17) is 14.2 Å². The lowest BCUT2D eigenvalue weighted by molar-refractivity contribution is -0.145. The van der Waals surface area contributed by atoms with Gasteiger partial charge < -0.3 is 29.3 Å². The highest BCUT2D eigenvalue weighted by Crippen LogP contribution is 2.28. The van der Waals surface area contributed by atoms with E-state index >= 15 is 0 Å². The second kappa shape index (κ2) is 14.1. The Kier molecular flexibility index (Phi) is 10.9. The van der Waals surface area contributed by atoms with Crippen LogP contribution in [-0.2, 0) is 30.9 Å². The van der Waals surface area contributed by atoms with Crippen LogP contribution >= 0.6 is 0 Å². The smallest absolute Gasteiger partial charge is 0.322 e. The number of rotatable bonds is 12. The molecule has 0 spiro atoms. The standard InChI is InChI=1S/C26H36N4O7S/c1-4-36-24-11-10-22(17-23(24)27-26(32)30-12-14-35-15-13-30)38(33,34)28-21(18-29(2)3)16-25(31)37-19-20-8-6-5-7-9-20/h5-11,17,21,28H,4,12-16,18-19H2,1-3H3,(H,27,32)/t21-/m1/s1. The topological polar surface area (TPSA) is 127 Å². The molecule has 0 bridgehead atoms. The van der Waals surface area contributed by atoms with Gasteiger partial charge in [0.15, 0.2) is 0 Å². The summed E-state index contributed by atoms with van der Waals surface area (Å²) in [6, 6.07) is 12.4. The summed E-state index contributed by atoms with van der Waals surface area (Å²) in [6.07, 6.45) is -0.151. The summed E-state index contributed by atoms with van der Waals surface area (Å²) in [5.41, 5.74) is 1.07. The maximum atomic E-state index is 13.3. The van der Waals surface area contributed by atoms with Gasteiger partial charge in [-0.1, -0.05) is 30.3 Å². The number of ether oxygens (including phenoxy) is 3. The van der Waals surface area contributed by atoms with Crippen LogP contribution < -0.4 is 14.8 Å². The van der Waals surface area contributed by atoms with Crippen molar-refractivity contribution in [2.45, 2.75) is 30.9 Å². The van der Waals surface area contributed by atoms with Crippen LogP contribution in [0.4, 0.5) is 10.5 Å². The van der Waals surface area contributed by atoms with Crippen molar-refractivity contribution in [3.63, 3.8) is 0 Å². The predicted molar refractivity (Wildman–Crippen MR) is 143 cm³/mol. The zero-order valence-corrected chi connectivity index (χ0v) is 22.8. The zero-order valence-electron chi connectivity index (χ0n) is 22.0. The second-order valence-electron chi connectivity index (χ2n) is 9.05. The first-order chi connectivity index (χ1) is 18.2. The third kappa shape index (κ3) is 8.98. The zero-order chi connectivity index (χ0) is 27.5. The Morgan fingerprint density at radius 1 is 1.11 bits per heavy atom. The fourth-order valence-corrected chi connectivity index (χ4v) is 5.14. The minimum atomic E-state index is -4.06. The molecule has 1 aliphatic rings. The van der Waals surface area contributed by atoms with E-state index in [1.54, 1.807) is 30.8 Å². The SMILES string of the molecule is CCOc1ccc(S(=O)(=O)N[C@H](CC(=O)OCc2ccccc2)CN(C)C)cc1NC(=O)N1CCOCC1. The minimum absolute atomic E-state index is 0.0698. The van der Waals surface area contributed by atoms with Crippen LogP contribution in [0.3, 0.4) is 0 Å². The average molecular weight is 549 g/mol. The molecular formula is C26H36N4O7S. The molecule has 2 aromatic carbocycles. The van der Waals surface area contributed by atoms with Crippen LogP contribution in [0, 0.1) is 0 Å². The van der Waals surface area contributed by atoms with Crippen LogP contribution in [-0.4, -0.2) is 89.8 Å². The molecule has 0 aliphatic carbocycles. The Hall–Kier alpha value is -3.19. The summed E-state index contributed by atoms with van der Waals surface area (Å²) < 4.78 is 45.5. The molecule has 38 heavy (non-hydrogen) atoms. The van der Waals surface area contributed by atoms with E-state index in [0.29, 0.717) is 38.7 Å².